The summed E-state index contributed by atoms with van der Waals surface area (Å²) in [6, 6.07) is 7.75. The number of carbonyl (C=O) groups is 2. The molecule has 0 saturated heterocycles. The van der Waals surface area contributed by atoms with Crippen molar-refractivity contribution in [3.63, 3.8) is 0 Å². The highest BCUT2D eigenvalue weighted by Crippen LogP contribution is 2.17. The van der Waals surface area contributed by atoms with Crippen LogP contribution >= 0.6 is 11.6 Å². The van der Waals surface area contributed by atoms with E-state index in [1.54, 1.807) is 0 Å². The standard InChI is InChI=1S/C23H33ClN6O2/c1-16-9-11-17(12-10-16)18(31)8-6-4-5-7-14-30(2,3)15-13-27-23(32)19-21(25)29-22(26)20(24)28-19/h9-12H,4-8,13-15H2,1-3H3,(H4-,25,26,27,29,32)/p+1. The van der Waals surface area contributed by atoms with Crippen molar-refractivity contribution in [1.29, 1.82) is 0 Å². The Balaban J connectivity index is 1.63. The van der Waals surface area contributed by atoms with Crippen LogP contribution < -0.4 is 16.8 Å². The molecular weight excluding hydrogens is 428 g/mol. The van der Waals surface area contributed by atoms with E-state index in [-0.39, 0.29) is 28.3 Å². The second-order valence-electron chi connectivity index (χ2n) is 8.73. The number of amides is 1. The zero-order chi connectivity index (χ0) is 23.7. The number of quaternary nitrogens is 1. The third-order valence-corrected chi connectivity index (χ3v) is 5.69. The van der Waals surface area contributed by atoms with Gasteiger partial charge in [0.15, 0.2) is 28.3 Å². The number of anilines is 2. The molecule has 8 nitrogen and oxygen atoms in total. The molecule has 0 bridgehead atoms. The van der Waals surface area contributed by atoms with Gasteiger partial charge in [0, 0.05) is 12.0 Å². The summed E-state index contributed by atoms with van der Waals surface area (Å²) in [6.45, 7) is 4.23. The number of nitrogens with two attached hydrogens (primary N) is 2. The van der Waals surface area contributed by atoms with Crippen molar-refractivity contribution in [2.75, 3.05) is 45.2 Å². The quantitative estimate of drug-likeness (QED) is 0.253. The van der Waals surface area contributed by atoms with Gasteiger partial charge in [-0.15, -0.1) is 0 Å². The first-order chi connectivity index (χ1) is 15.1. The van der Waals surface area contributed by atoms with E-state index in [1.165, 1.54) is 0 Å². The van der Waals surface area contributed by atoms with Crippen molar-refractivity contribution in [2.45, 2.75) is 39.0 Å². The third-order valence-electron chi connectivity index (χ3n) is 5.41. The molecule has 5 N–H and O–H groups in total. The molecule has 2 aromatic rings. The molecular formula is C23H34ClN6O2+. The third kappa shape index (κ3) is 8.09. The van der Waals surface area contributed by atoms with Gasteiger partial charge in [-0.1, -0.05) is 47.9 Å². The van der Waals surface area contributed by atoms with Gasteiger partial charge in [-0.05, 0) is 26.2 Å². The van der Waals surface area contributed by atoms with E-state index in [9.17, 15) is 9.59 Å². The molecule has 32 heavy (non-hydrogen) atoms. The number of hydrogen-bond donors (Lipinski definition) is 3. The second kappa shape index (κ2) is 11.8. The minimum Gasteiger partial charge on any atom is -0.382 e. The summed E-state index contributed by atoms with van der Waals surface area (Å²) in [5.41, 5.74) is 13.2. The summed E-state index contributed by atoms with van der Waals surface area (Å²) in [5, 5.41) is 2.77. The Labute approximate surface area is 194 Å². The summed E-state index contributed by atoms with van der Waals surface area (Å²) in [6.07, 6.45) is 4.67. The minimum absolute atomic E-state index is 0.00182. The van der Waals surface area contributed by atoms with Crippen molar-refractivity contribution >= 4 is 34.9 Å². The highest BCUT2D eigenvalue weighted by molar-refractivity contribution is 6.31. The van der Waals surface area contributed by atoms with E-state index < -0.39 is 5.91 Å². The molecule has 9 heteroatoms. The highest BCUT2D eigenvalue weighted by atomic mass is 35.5. The van der Waals surface area contributed by atoms with Crippen LogP contribution in [0.25, 0.3) is 0 Å². The number of benzene rings is 1. The topological polar surface area (TPSA) is 124 Å². The van der Waals surface area contributed by atoms with Gasteiger partial charge in [-0.2, -0.15) is 0 Å². The fraction of sp³-hybridized carbons (Fsp3) is 0.478. The van der Waals surface area contributed by atoms with Gasteiger partial charge in [0.25, 0.3) is 5.91 Å². The first kappa shape index (κ1) is 25.5. The Kier molecular flexibility index (Phi) is 9.41. The molecule has 0 spiro atoms. The fourth-order valence-corrected chi connectivity index (χ4v) is 3.47. The van der Waals surface area contributed by atoms with E-state index in [2.05, 4.69) is 29.4 Å². The Morgan fingerprint density at radius 3 is 2.31 bits per heavy atom. The van der Waals surface area contributed by atoms with Crippen LogP contribution in [0.4, 0.5) is 11.6 Å². The lowest BCUT2D eigenvalue weighted by molar-refractivity contribution is -0.889. The number of aryl methyl sites for hydroxylation is 1. The van der Waals surface area contributed by atoms with E-state index in [0.29, 0.717) is 13.0 Å². The van der Waals surface area contributed by atoms with Crippen LogP contribution in [0.2, 0.25) is 5.15 Å². The predicted octanol–water partition coefficient (Wildman–Crippen LogP) is 3.24. The number of carbonyl (C=O) groups excluding carboxylic acids is 2. The Morgan fingerprint density at radius 1 is 0.969 bits per heavy atom. The van der Waals surface area contributed by atoms with Crippen molar-refractivity contribution in [1.82, 2.24) is 15.3 Å². The van der Waals surface area contributed by atoms with Crippen LogP contribution in [0, 0.1) is 6.92 Å². The lowest BCUT2D eigenvalue weighted by atomic mass is 10.0. The number of hydrogen-bond acceptors (Lipinski definition) is 6. The molecule has 1 amide bonds. The van der Waals surface area contributed by atoms with Gasteiger partial charge < -0.3 is 21.3 Å². The molecule has 0 fully saturated rings. The molecule has 174 valence electrons. The van der Waals surface area contributed by atoms with Crippen molar-refractivity contribution in [2.24, 2.45) is 0 Å². The van der Waals surface area contributed by atoms with Crippen molar-refractivity contribution < 1.29 is 14.1 Å². The van der Waals surface area contributed by atoms with Gasteiger partial charge in [-0.3, -0.25) is 9.59 Å². The number of nitrogen functional groups attached to an aromatic ring is 2. The van der Waals surface area contributed by atoms with Crippen molar-refractivity contribution in [3.05, 3.63) is 46.2 Å². The number of nitrogens with zero attached hydrogens (tertiary/aromatic N) is 3. The summed E-state index contributed by atoms with van der Waals surface area (Å²) < 4.78 is 0.770. The molecule has 2 rings (SSSR count). The number of nitrogens with one attached hydrogen (secondary N) is 1. The maximum absolute atomic E-state index is 12.3. The lowest BCUT2D eigenvalue weighted by Gasteiger charge is -2.30. The Hall–Kier alpha value is -2.71. The van der Waals surface area contributed by atoms with E-state index in [0.717, 1.165) is 54.4 Å². The summed E-state index contributed by atoms with van der Waals surface area (Å²) >= 11 is 5.83. The smallest absolute Gasteiger partial charge is 0.273 e. The molecule has 0 atom stereocenters. The maximum Gasteiger partial charge on any atom is 0.273 e. The molecule has 0 saturated carbocycles. The van der Waals surface area contributed by atoms with E-state index in [1.807, 2.05) is 31.2 Å². The number of aromatic nitrogens is 2. The number of likely N-dealkylation sites (N-methyl/N-ethyl adjacent to an activating group) is 1. The SMILES string of the molecule is Cc1ccc(C(=O)CCCCCC[N+](C)(C)CCNC(=O)c2nc(Cl)c(N)nc2N)cc1. The Bertz CT molecular complexity index is 931. The number of halogens is 1. The summed E-state index contributed by atoms with van der Waals surface area (Å²) in [5.74, 6) is -0.253. The molecule has 0 aliphatic heterocycles. The fourth-order valence-electron chi connectivity index (χ4n) is 3.34. The molecule has 0 aliphatic carbocycles. The minimum atomic E-state index is -0.421. The Morgan fingerprint density at radius 2 is 1.62 bits per heavy atom. The molecule has 0 unspecified atom stereocenters. The lowest BCUT2D eigenvalue weighted by Crippen LogP contribution is -2.46. The van der Waals surface area contributed by atoms with Crippen LogP contribution in [-0.4, -0.2) is 59.9 Å². The summed E-state index contributed by atoms with van der Waals surface area (Å²) in [7, 11) is 4.25. The van der Waals surface area contributed by atoms with Crippen LogP contribution in [0.15, 0.2) is 24.3 Å². The van der Waals surface area contributed by atoms with Crippen LogP contribution in [0.1, 0.15) is 58.5 Å². The zero-order valence-corrected chi connectivity index (χ0v) is 19.9. The first-order valence-electron chi connectivity index (χ1n) is 10.9. The normalized spacial score (nSPS) is 11.4. The molecule has 0 aliphatic rings. The molecule has 0 radical (unpaired) electrons. The van der Waals surface area contributed by atoms with E-state index >= 15 is 0 Å². The molecule has 1 aromatic heterocycles. The average molecular weight is 462 g/mol. The maximum atomic E-state index is 12.3. The van der Waals surface area contributed by atoms with Gasteiger partial charge in [0.05, 0.1) is 33.7 Å². The van der Waals surface area contributed by atoms with Gasteiger partial charge >= 0.3 is 0 Å². The first-order valence-corrected chi connectivity index (χ1v) is 11.3. The molecule has 1 heterocycles. The van der Waals surface area contributed by atoms with E-state index in [4.69, 9.17) is 23.1 Å². The number of ketones is 1. The second-order valence-corrected chi connectivity index (χ2v) is 9.08. The zero-order valence-electron chi connectivity index (χ0n) is 19.2. The van der Waals surface area contributed by atoms with Crippen molar-refractivity contribution in [3.8, 4) is 0 Å². The predicted molar refractivity (Wildman–Crippen MR) is 129 cm³/mol. The number of unbranched alkanes of at least 4 members (excludes halogenated alkanes) is 3. The van der Waals surface area contributed by atoms with Gasteiger partial charge in [0.2, 0.25) is 0 Å². The summed E-state index contributed by atoms with van der Waals surface area (Å²) in [4.78, 5) is 32.2. The number of Topliss-reactive ketones (excluding diaryl/α,β-unsaturated/α-hetero) is 1. The van der Waals surface area contributed by atoms with Gasteiger partial charge in [0.1, 0.15) is 0 Å². The van der Waals surface area contributed by atoms with Gasteiger partial charge in [-0.25, -0.2) is 9.97 Å². The van der Waals surface area contributed by atoms with Crippen LogP contribution in [-0.2, 0) is 0 Å². The average Bonchev–Trinajstić information content (AvgIpc) is 2.73. The number of rotatable bonds is 12. The largest absolute Gasteiger partial charge is 0.382 e. The van der Waals surface area contributed by atoms with Crippen LogP contribution in [0.3, 0.4) is 0 Å². The molecule has 1 aromatic carbocycles. The monoisotopic (exact) mass is 461 g/mol. The van der Waals surface area contributed by atoms with Crippen LogP contribution in [0.5, 0.6) is 0 Å². The highest BCUT2D eigenvalue weighted by Gasteiger charge is 2.18.